The summed E-state index contributed by atoms with van der Waals surface area (Å²) in [6, 6.07) is 6.83. The first-order valence-electron chi connectivity index (χ1n) is 8.50. The summed E-state index contributed by atoms with van der Waals surface area (Å²) in [6.45, 7) is -3.18. The minimum absolute atomic E-state index is 0.0357. The van der Waals surface area contributed by atoms with E-state index in [9.17, 15) is 23.7 Å². The fraction of sp³-hybridized carbons (Fsp3) is 0.316. The van der Waals surface area contributed by atoms with Crippen molar-refractivity contribution in [1.29, 1.82) is 0 Å². The van der Waals surface area contributed by atoms with Crippen LogP contribution in [0, 0.1) is 10.1 Å². The molecule has 0 aliphatic carbocycles. The second-order valence-corrected chi connectivity index (χ2v) is 5.97. The summed E-state index contributed by atoms with van der Waals surface area (Å²) in [4.78, 5) is 24.7. The van der Waals surface area contributed by atoms with Crippen LogP contribution in [0.2, 0.25) is 0 Å². The molecular formula is C19H20F2N2O7. The Labute approximate surface area is 170 Å². The molecular weight excluding hydrogens is 406 g/mol. The third-order valence-corrected chi connectivity index (χ3v) is 4.16. The predicted molar refractivity (Wildman–Crippen MR) is 102 cm³/mol. The fourth-order valence-electron chi connectivity index (χ4n) is 2.83. The highest BCUT2D eigenvalue weighted by molar-refractivity contribution is 5.99. The van der Waals surface area contributed by atoms with Crippen LogP contribution in [0.25, 0.3) is 0 Å². The number of nitro groups is 1. The predicted octanol–water partition coefficient (Wildman–Crippen LogP) is 3.49. The first kappa shape index (κ1) is 22.7. The summed E-state index contributed by atoms with van der Waals surface area (Å²) in [5.74, 6) is -0.651. The van der Waals surface area contributed by atoms with Crippen LogP contribution in [0.1, 0.15) is 15.9 Å². The molecule has 162 valence electrons. The number of carbonyl (C=O) groups excluding carboxylic acids is 1. The Kier molecular flexibility index (Phi) is 7.34. The summed E-state index contributed by atoms with van der Waals surface area (Å²) >= 11 is 0. The van der Waals surface area contributed by atoms with E-state index in [2.05, 4.69) is 4.74 Å². The maximum Gasteiger partial charge on any atom is 0.387 e. The van der Waals surface area contributed by atoms with E-state index in [4.69, 9.17) is 14.2 Å². The number of rotatable bonds is 9. The molecule has 0 aliphatic heterocycles. The first-order chi connectivity index (χ1) is 14.2. The normalized spacial score (nSPS) is 10.5. The number of amides is 1. The van der Waals surface area contributed by atoms with Gasteiger partial charge in [-0.15, -0.1) is 0 Å². The molecule has 2 aromatic carbocycles. The van der Waals surface area contributed by atoms with Gasteiger partial charge in [0.25, 0.3) is 11.6 Å². The van der Waals surface area contributed by atoms with Crippen molar-refractivity contribution in [2.24, 2.45) is 0 Å². The molecule has 0 bridgehead atoms. The lowest BCUT2D eigenvalue weighted by Crippen LogP contribution is -2.27. The number of hydrogen-bond acceptors (Lipinski definition) is 7. The van der Waals surface area contributed by atoms with Crippen LogP contribution in [0.4, 0.5) is 14.5 Å². The molecule has 9 nitrogen and oxygen atoms in total. The van der Waals surface area contributed by atoms with Crippen LogP contribution in [0.15, 0.2) is 30.3 Å². The molecule has 0 saturated carbocycles. The van der Waals surface area contributed by atoms with Crippen molar-refractivity contribution < 1.29 is 37.4 Å². The Bertz CT molecular complexity index is 937. The smallest absolute Gasteiger partial charge is 0.387 e. The highest BCUT2D eigenvalue weighted by atomic mass is 19.3. The molecule has 1 amide bonds. The molecule has 2 aromatic rings. The number of para-hydroxylation sites is 1. The quantitative estimate of drug-likeness (QED) is 0.447. The Morgan fingerprint density at radius 2 is 1.77 bits per heavy atom. The van der Waals surface area contributed by atoms with E-state index in [1.807, 2.05) is 0 Å². The standard InChI is InChI=1S/C19H20F2N2O7/c1-22(10-11-6-5-7-14(27-2)17(11)29-4)18(24)12-8-15(28-3)16(30-19(20)21)9-13(12)23(25)26/h5-9,19H,10H2,1-4H3. The van der Waals surface area contributed by atoms with E-state index < -0.39 is 28.9 Å². The second-order valence-electron chi connectivity index (χ2n) is 5.97. The van der Waals surface area contributed by atoms with Crippen LogP contribution in [0.5, 0.6) is 23.0 Å². The monoisotopic (exact) mass is 426 g/mol. The lowest BCUT2D eigenvalue weighted by Gasteiger charge is -2.20. The lowest BCUT2D eigenvalue weighted by molar-refractivity contribution is -0.385. The van der Waals surface area contributed by atoms with Gasteiger partial charge in [0.2, 0.25) is 0 Å². The van der Waals surface area contributed by atoms with E-state index in [0.29, 0.717) is 17.1 Å². The SMILES string of the molecule is COc1cc(C(=O)N(C)Cc2cccc(OC)c2OC)c([N+](=O)[O-])cc1OC(F)F. The summed E-state index contributed by atoms with van der Waals surface area (Å²) < 4.78 is 44.9. The fourth-order valence-corrected chi connectivity index (χ4v) is 2.83. The number of nitro benzene ring substituents is 1. The van der Waals surface area contributed by atoms with Gasteiger partial charge in [-0.1, -0.05) is 12.1 Å². The molecule has 2 rings (SSSR count). The lowest BCUT2D eigenvalue weighted by atomic mass is 10.1. The Morgan fingerprint density at radius 1 is 1.10 bits per heavy atom. The van der Waals surface area contributed by atoms with Crippen LogP contribution < -0.4 is 18.9 Å². The largest absolute Gasteiger partial charge is 0.493 e. The molecule has 0 spiro atoms. The van der Waals surface area contributed by atoms with Crippen molar-refractivity contribution in [3.63, 3.8) is 0 Å². The van der Waals surface area contributed by atoms with Gasteiger partial charge in [-0.3, -0.25) is 14.9 Å². The number of hydrogen-bond donors (Lipinski definition) is 0. The summed E-state index contributed by atoms with van der Waals surface area (Å²) in [6.07, 6.45) is 0. The van der Waals surface area contributed by atoms with Gasteiger partial charge < -0.3 is 23.8 Å². The van der Waals surface area contributed by atoms with Crippen LogP contribution >= 0.6 is 0 Å². The van der Waals surface area contributed by atoms with E-state index in [1.54, 1.807) is 18.2 Å². The van der Waals surface area contributed by atoms with Gasteiger partial charge in [0.1, 0.15) is 5.56 Å². The molecule has 0 N–H and O–H groups in total. The van der Waals surface area contributed by atoms with Crippen LogP contribution in [0.3, 0.4) is 0 Å². The molecule has 11 heteroatoms. The number of nitrogens with zero attached hydrogens (tertiary/aromatic N) is 2. The van der Waals surface area contributed by atoms with Gasteiger partial charge >= 0.3 is 6.61 Å². The highest BCUT2D eigenvalue weighted by Gasteiger charge is 2.28. The zero-order chi connectivity index (χ0) is 22.4. The van der Waals surface area contributed by atoms with Gasteiger partial charge in [0, 0.05) is 25.2 Å². The van der Waals surface area contributed by atoms with Crippen molar-refractivity contribution >= 4 is 11.6 Å². The van der Waals surface area contributed by atoms with Crippen molar-refractivity contribution in [3.8, 4) is 23.0 Å². The maximum absolute atomic E-state index is 12.9. The zero-order valence-corrected chi connectivity index (χ0v) is 16.7. The topological polar surface area (TPSA) is 100 Å². The summed E-state index contributed by atoms with van der Waals surface area (Å²) in [5.41, 5.74) is -0.441. The highest BCUT2D eigenvalue weighted by Crippen LogP contribution is 2.37. The number of benzene rings is 2. The molecule has 0 fully saturated rings. The Balaban J connectivity index is 2.43. The molecule has 0 aromatic heterocycles. The minimum Gasteiger partial charge on any atom is -0.493 e. The third kappa shape index (κ3) is 4.85. The Morgan fingerprint density at radius 3 is 2.30 bits per heavy atom. The molecule has 0 saturated heterocycles. The number of methoxy groups -OCH3 is 3. The van der Waals surface area contributed by atoms with Crippen molar-refractivity contribution in [2.45, 2.75) is 13.2 Å². The van der Waals surface area contributed by atoms with Gasteiger partial charge in [-0.25, -0.2) is 0 Å². The number of alkyl halides is 2. The maximum atomic E-state index is 12.9. The van der Waals surface area contributed by atoms with E-state index >= 15 is 0 Å². The number of ether oxygens (including phenoxy) is 4. The molecule has 0 atom stereocenters. The Hall–Kier alpha value is -3.63. The van der Waals surface area contributed by atoms with E-state index in [-0.39, 0.29) is 17.9 Å². The van der Waals surface area contributed by atoms with Crippen molar-refractivity contribution in [3.05, 3.63) is 51.6 Å². The molecule has 0 aliphatic rings. The van der Waals surface area contributed by atoms with Gasteiger partial charge in [0.15, 0.2) is 23.0 Å². The molecule has 0 radical (unpaired) electrons. The van der Waals surface area contributed by atoms with Gasteiger partial charge in [0.05, 0.1) is 32.3 Å². The average molecular weight is 426 g/mol. The van der Waals surface area contributed by atoms with Gasteiger partial charge in [-0.2, -0.15) is 8.78 Å². The summed E-state index contributed by atoms with van der Waals surface area (Å²) in [7, 11) is 5.51. The number of carbonyl (C=O) groups is 1. The van der Waals surface area contributed by atoms with Crippen LogP contribution in [-0.4, -0.2) is 50.7 Å². The van der Waals surface area contributed by atoms with E-state index in [0.717, 1.165) is 12.1 Å². The van der Waals surface area contributed by atoms with E-state index in [1.165, 1.54) is 33.3 Å². The van der Waals surface area contributed by atoms with Crippen molar-refractivity contribution in [2.75, 3.05) is 28.4 Å². The number of halogens is 2. The minimum atomic E-state index is -3.22. The average Bonchev–Trinajstić information content (AvgIpc) is 2.72. The zero-order valence-electron chi connectivity index (χ0n) is 16.7. The van der Waals surface area contributed by atoms with Crippen LogP contribution in [-0.2, 0) is 6.54 Å². The third-order valence-electron chi connectivity index (χ3n) is 4.16. The van der Waals surface area contributed by atoms with Crippen molar-refractivity contribution in [1.82, 2.24) is 4.90 Å². The summed E-state index contributed by atoms with van der Waals surface area (Å²) in [5, 5.41) is 11.4. The van der Waals surface area contributed by atoms with Gasteiger partial charge in [-0.05, 0) is 6.07 Å². The molecule has 30 heavy (non-hydrogen) atoms. The molecule has 0 heterocycles. The molecule has 0 unspecified atom stereocenters. The first-order valence-corrected chi connectivity index (χ1v) is 8.50. The second kappa shape index (κ2) is 9.72.